The van der Waals surface area contributed by atoms with E-state index >= 15 is 0 Å². The molecule has 3 aromatic carbocycles. The zero-order valence-electron chi connectivity index (χ0n) is 21.9. The summed E-state index contributed by atoms with van der Waals surface area (Å²) in [5.41, 5.74) is 8.91. The fourth-order valence-electron chi connectivity index (χ4n) is 4.23. The highest BCUT2D eigenvalue weighted by Crippen LogP contribution is 2.51. The van der Waals surface area contributed by atoms with Crippen molar-refractivity contribution < 1.29 is 14.3 Å². The van der Waals surface area contributed by atoms with Crippen molar-refractivity contribution in [1.82, 2.24) is 4.90 Å². The molecule has 0 saturated carbocycles. The first kappa shape index (κ1) is 27.2. The first-order valence-corrected chi connectivity index (χ1v) is 14.1. The summed E-state index contributed by atoms with van der Waals surface area (Å²) in [6.45, 7) is 2.81. The summed E-state index contributed by atoms with van der Waals surface area (Å²) < 4.78 is 5.48. The number of nitrogens with two attached hydrogens (primary N) is 1. The number of amides is 2. The third kappa shape index (κ3) is 5.64. The molecule has 1 saturated heterocycles. The van der Waals surface area contributed by atoms with Gasteiger partial charge in [-0.05, 0) is 54.6 Å². The van der Waals surface area contributed by atoms with E-state index in [9.17, 15) is 14.9 Å². The monoisotopic (exact) mass is 570 g/mol. The number of aliphatic imine (C=N–C) groups is 1. The zero-order valence-corrected chi connectivity index (χ0v) is 23.5. The summed E-state index contributed by atoms with van der Waals surface area (Å²) in [5.74, 6) is -0.189. The van der Waals surface area contributed by atoms with E-state index in [1.54, 1.807) is 23.1 Å². The molecule has 2 aliphatic rings. The number of ether oxygens (including phenoxy) is 1. The zero-order chi connectivity index (χ0) is 28.2. The Morgan fingerprint density at radius 3 is 2.65 bits per heavy atom. The molecule has 0 spiro atoms. The second-order valence-corrected chi connectivity index (χ2v) is 10.9. The lowest BCUT2D eigenvalue weighted by Gasteiger charge is -2.17. The Hall–Kier alpha value is -4.40. The van der Waals surface area contributed by atoms with Crippen LogP contribution in [0.25, 0.3) is 0 Å². The lowest BCUT2D eigenvalue weighted by atomic mass is 10.2. The summed E-state index contributed by atoms with van der Waals surface area (Å²) >= 11 is 2.80. The molecule has 1 fully saturated rings. The van der Waals surface area contributed by atoms with E-state index in [4.69, 9.17) is 15.5 Å². The normalized spacial score (nSPS) is 17.2. The lowest BCUT2D eigenvalue weighted by molar-refractivity contribution is -0.122. The van der Waals surface area contributed by atoms with Crippen LogP contribution < -0.4 is 20.7 Å². The van der Waals surface area contributed by atoms with Crippen LogP contribution in [0.5, 0.6) is 5.75 Å². The molecular weight excluding hydrogens is 544 g/mol. The van der Waals surface area contributed by atoms with E-state index in [0.29, 0.717) is 40.2 Å². The van der Waals surface area contributed by atoms with Gasteiger partial charge in [-0.2, -0.15) is 5.26 Å². The van der Waals surface area contributed by atoms with Crippen LogP contribution in [0.3, 0.4) is 0 Å². The maximum atomic E-state index is 14.0. The van der Waals surface area contributed by atoms with Gasteiger partial charge in [-0.3, -0.25) is 14.5 Å². The molecule has 11 heteroatoms. The summed E-state index contributed by atoms with van der Waals surface area (Å²) in [7, 11) is 1.89. The number of hydrogen-bond donors (Lipinski definition) is 2. The Morgan fingerprint density at radius 2 is 1.93 bits per heavy atom. The van der Waals surface area contributed by atoms with E-state index in [1.807, 2.05) is 67.4 Å². The number of nitrogens with zero attached hydrogens (tertiary/aromatic N) is 4. The topological polar surface area (TPSA) is 124 Å². The molecule has 9 nitrogen and oxygen atoms in total. The average Bonchev–Trinajstić information content (AvgIpc) is 3.44. The van der Waals surface area contributed by atoms with E-state index in [1.165, 1.54) is 23.5 Å². The van der Waals surface area contributed by atoms with E-state index in [2.05, 4.69) is 11.4 Å². The van der Waals surface area contributed by atoms with E-state index < -0.39 is 5.91 Å². The van der Waals surface area contributed by atoms with Crippen LogP contribution in [0.4, 0.5) is 17.1 Å². The summed E-state index contributed by atoms with van der Waals surface area (Å²) in [6, 6.07) is 22.7. The summed E-state index contributed by atoms with van der Waals surface area (Å²) in [4.78, 5) is 35.1. The van der Waals surface area contributed by atoms with Crippen molar-refractivity contribution in [3.05, 3.63) is 87.8 Å². The van der Waals surface area contributed by atoms with Crippen molar-refractivity contribution >= 4 is 57.6 Å². The second kappa shape index (κ2) is 11.8. The van der Waals surface area contributed by atoms with Crippen molar-refractivity contribution in [3.8, 4) is 11.8 Å². The molecule has 0 atom stereocenters. The van der Waals surface area contributed by atoms with Crippen LogP contribution in [-0.2, 0) is 16.1 Å². The Bertz CT molecular complexity index is 1580. The van der Waals surface area contributed by atoms with Gasteiger partial charge in [-0.25, -0.2) is 4.99 Å². The number of carbonyl (C=O) groups excluding carboxylic acids is 2. The Balaban J connectivity index is 1.54. The highest BCUT2D eigenvalue weighted by atomic mass is 32.2. The number of anilines is 2. The van der Waals surface area contributed by atoms with Gasteiger partial charge in [0, 0.05) is 24.6 Å². The Morgan fingerprint density at radius 1 is 1.12 bits per heavy atom. The van der Waals surface area contributed by atoms with Crippen molar-refractivity contribution in [3.63, 3.8) is 0 Å². The van der Waals surface area contributed by atoms with Gasteiger partial charge in [0.05, 0.1) is 40.3 Å². The number of amidine groups is 1. The molecule has 5 rings (SSSR count). The third-order valence-corrected chi connectivity index (χ3v) is 8.57. The molecule has 0 unspecified atom stereocenters. The number of benzene rings is 3. The maximum Gasteiger partial charge on any atom is 0.269 e. The molecule has 0 aromatic heterocycles. The molecule has 2 amide bonds. The fourth-order valence-corrected chi connectivity index (χ4v) is 6.55. The standard InChI is InChI=1S/C29H26N6O3S2/c1-3-32-21-11-9-19(15-30)13-22(21)33-29-35(16-18-7-5-4-6-8-18)27(37)26(40-29)28-34(2)23-14-20(38-17-25(31)36)10-12-24(23)39-28/h4-14,32H,3,16-17H2,1-2H3,(H2,31,36)/b28-26-,33-29?. The minimum absolute atomic E-state index is 0.151. The smallest absolute Gasteiger partial charge is 0.269 e. The highest BCUT2D eigenvalue weighted by molar-refractivity contribution is 8.19. The van der Waals surface area contributed by atoms with Crippen molar-refractivity contribution in [2.75, 3.05) is 30.4 Å². The number of rotatable bonds is 8. The lowest BCUT2D eigenvalue weighted by Crippen LogP contribution is -2.29. The average molecular weight is 571 g/mol. The Labute approximate surface area is 240 Å². The minimum Gasteiger partial charge on any atom is -0.484 e. The first-order valence-electron chi connectivity index (χ1n) is 12.5. The summed E-state index contributed by atoms with van der Waals surface area (Å²) in [6.07, 6.45) is 0. The number of nitrogens with one attached hydrogen (secondary N) is 1. The fraction of sp³-hybridized carbons (Fsp3) is 0.172. The number of hydrogen-bond acceptors (Lipinski definition) is 9. The number of primary amides is 1. The van der Waals surface area contributed by atoms with Crippen molar-refractivity contribution in [1.29, 1.82) is 5.26 Å². The molecule has 2 heterocycles. The highest BCUT2D eigenvalue weighted by Gasteiger charge is 2.39. The molecule has 3 N–H and O–H groups in total. The summed E-state index contributed by atoms with van der Waals surface area (Å²) in [5, 5.41) is 14.1. The Kier molecular flexibility index (Phi) is 8.00. The molecule has 0 radical (unpaired) electrons. The van der Waals surface area contributed by atoms with Crippen LogP contribution in [-0.4, -0.2) is 42.1 Å². The van der Waals surface area contributed by atoms with E-state index in [0.717, 1.165) is 26.9 Å². The molecule has 40 heavy (non-hydrogen) atoms. The van der Waals surface area contributed by atoms with Gasteiger partial charge in [0.2, 0.25) is 0 Å². The van der Waals surface area contributed by atoms with Gasteiger partial charge in [0.15, 0.2) is 11.8 Å². The maximum absolute atomic E-state index is 14.0. The van der Waals surface area contributed by atoms with Crippen LogP contribution in [0.2, 0.25) is 0 Å². The molecule has 3 aromatic rings. The minimum atomic E-state index is -0.554. The predicted octanol–water partition coefficient (Wildman–Crippen LogP) is 5.03. The second-order valence-electron chi connectivity index (χ2n) is 8.93. The van der Waals surface area contributed by atoms with Gasteiger partial charge in [-0.1, -0.05) is 42.1 Å². The van der Waals surface area contributed by atoms with Crippen molar-refractivity contribution in [2.45, 2.75) is 18.4 Å². The molecular formula is C29H26N6O3S2. The van der Waals surface area contributed by atoms with Crippen LogP contribution in [0.1, 0.15) is 18.1 Å². The van der Waals surface area contributed by atoms with Gasteiger partial charge < -0.3 is 20.7 Å². The quantitative estimate of drug-likeness (QED) is 0.362. The van der Waals surface area contributed by atoms with Crippen LogP contribution >= 0.6 is 23.5 Å². The number of thioether (sulfide) groups is 2. The first-order chi connectivity index (χ1) is 19.4. The van der Waals surface area contributed by atoms with E-state index in [-0.39, 0.29) is 12.5 Å². The number of carbonyl (C=O) groups is 2. The molecule has 2 aliphatic heterocycles. The van der Waals surface area contributed by atoms with Gasteiger partial charge in [-0.15, -0.1) is 0 Å². The predicted molar refractivity (Wildman–Crippen MR) is 159 cm³/mol. The largest absolute Gasteiger partial charge is 0.484 e. The van der Waals surface area contributed by atoms with Crippen LogP contribution in [0, 0.1) is 11.3 Å². The van der Waals surface area contributed by atoms with Gasteiger partial charge >= 0.3 is 0 Å². The van der Waals surface area contributed by atoms with Crippen LogP contribution in [0.15, 0.2) is 86.6 Å². The molecule has 0 bridgehead atoms. The SMILES string of the molecule is CCNc1ccc(C#N)cc1N=C1S/C(=C2\Sc3ccc(OCC(N)=O)cc3N2C)C(=O)N1Cc1ccccc1. The number of nitriles is 1. The van der Waals surface area contributed by atoms with Gasteiger partial charge in [0.25, 0.3) is 11.8 Å². The molecule has 0 aliphatic carbocycles. The van der Waals surface area contributed by atoms with Gasteiger partial charge in [0.1, 0.15) is 10.7 Å². The molecule has 202 valence electrons. The number of fused-ring (bicyclic) bond motifs is 1. The van der Waals surface area contributed by atoms with Crippen molar-refractivity contribution in [2.24, 2.45) is 10.7 Å². The third-order valence-electron chi connectivity index (χ3n) is 6.14.